The highest BCUT2D eigenvalue weighted by Crippen LogP contribution is 2.25. The summed E-state index contributed by atoms with van der Waals surface area (Å²) >= 11 is 1.36. The minimum atomic E-state index is -3.88. The maximum Gasteiger partial charge on any atom is 0.281 e. The molecule has 23 heavy (non-hydrogen) atoms. The van der Waals surface area contributed by atoms with E-state index in [4.69, 9.17) is 0 Å². The van der Waals surface area contributed by atoms with E-state index < -0.39 is 10.0 Å². The predicted octanol–water partition coefficient (Wildman–Crippen LogP) is 2.91. The van der Waals surface area contributed by atoms with Crippen molar-refractivity contribution in [2.75, 3.05) is 4.72 Å². The average Bonchev–Trinajstić information content (AvgIpc) is 2.98. The lowest BCUT2D eigenvalue weighted by Crippen LogP contribution is -2.17. The number of hydrogen-bond donors (Lipinski definition) is 1. The molecule has 3 aromatic rings. The standard InChI is InChI=1S/C14H15FN4O2S2/c1-4-12-17-19-13(9(3)16-14(19)22-12)23(20,21)18-10-5-6-11(15)8(2)7-10/h5-7,18H,4H2,1-3H3. The van der Waals surface area contributed by atoms with E-state index in [2.05, 4.69) is 14.8 Å². The Kier molecular flexibility index (Phi) is 3.85. The van der Waals surface area contributed by atoms with Gasteiger partial charge in [-0.15, -0.1) is 0 Å². The summed E-state index contributed by atoms with van der Waals surface area (Å²) in [6.07, 6.45) is 0.706. The summed E-state index contributed by atoms with van der Waals surface area (Å²) in [4.78, 5) is 4.80. The summed E-state index contributed by atoms with van der Waals surface area (Å²) < 4.78 is 42.5. The van der Waals surface area contributed by atoms with Gasteiger partial charge in [0.05, 0.1) is 5.69 Å². The topological polar surface area (TPSA) is 76.4 Å². The van der Waals surface area contributed by atoms with E-state index in [0.29, 0.717) is 28.3 Å². The van der Waals surface area contributed by atoms with E-state index in [-0.39, 0.29) is 10.8 Å². The highest BCUT2D eigenvalue weighted by Gasteiger charge is 2.25. The first-order chi connectivity index (χ1) is 10.8. The lowest BCUT2D eigenvalue weighted by Gasteiger charge is -2.08. The highest BCUT2D eigenvalue weighted by molar-refractivity contribution is 7.92. The number of anilines is 1. The lowest BCUT2D eigenvalue weighted by molar-refractivity contribution is 0.592. The molecule has 2 heterocycles. The maximum absolute atomic E-state index is 13.3. The number of nitrogens with one attached hydrogen (secondary N) is 1. The van der Waals surface area contributed by atoms with Crippen molar-refractivity contribution in [2.24, 2.45) is 0 Å². The van der Waals surface area contributed by atoms with Crippen LogP contribution in [0.1, 0.15) is 23.2 Å². The molecular formula is C14H15FN4O2S2. The molecule has 0 saturated heterocycles. The minimum Gasteiger partial charge on any atom is -0.278 e. The number of aromatic nitrogens is 3. The SMILES string of the molecule is CCc1nn2c(S(=O)(=O)Nc3ccc(F)c(C)c3)c(C)nc2s1. The highest BCUT2D eigenvalue weighted by atomic mass is 32.2. The van der Waals surface area contributed by atoms with Gasteiger partial charge in [0, 0.05) is 5.69 Å². The number of fused-ring (bicyclic) bond motifs is 1. The molecule has 9 heteroatoms. The number of benzene rings is 1. The fourth-order valence-electron chi connectivity index (χ4n) is 2.23. The summed E-state index contributed by atoms with van der Waals surface area (Å²) in [5.41, 5.74) is 1.03. The van der Waals surface area contributed by atoms with E-state index in [1.165, 1.54) is 34.1 Å². The van der Waals surface area contributed by atoms with E-state index in [9.17, 15) is 12.8 Å². The second-order valence-corrected chi connectivity index (χ2v) is 7.75. The van der Waals surface area contributed by atoms with Crippen LogP contribution in [0, 0.1) is 19.7 Å². The Labute approximate surface area is 137 Å². The zero-order chi connectivity index (χ0) is 16.8. The molecule has 0 unspecified atom stereocenters. The number of nitrogens with zero attached hydrogens (tertiary/aromatic N) is 3. The first-order valence-corrected chi connectivity index (χ1v) is 9.26. The van der Waals surface area contributed by atoms with Crippen molar-refractivity contribution >= 4 is 32.0 Å². The fraction of sp³-hybridized carbons (Fsp3) is 0.286. The van der Waals surface area contributed by atoms with Crippen LogP contribution in [0.3, 0.4) is 0 Å². The van der Waals surface area contributed by atoms with Crippen LogP contribution in [0.4, 0.5) is 10.1 Å². The van der Waals surface area contributed by atoms with Crippen LogP contribution in [0.25, 0.3) is 4.96 Å². The van der Waals surface area contributed by atoms with Crippen molar-refractivity contribution in [2.45, 2.75) is 32.2 Å². The third kappa shape index (κ3) is 2.81. The van der Waals surface area contributed by atoms with Gasteiger partial charge in [-0.3, -0.25) is 4.72 Å². The smallest absolute Gasteiger partial charge is 0.278 e. The van der Waals surface area contributed by atoms with E-state index >= 15 is 0 Å². The van der Waals surface area contributed by atoms with Gasteiger partial charge in [0.2, 0.25) is 9.99 Å². The van der Waals surface area contributed by atoms with Gasteiger partial charge in [0.15, 0.2) is 0 Å². The van der Waals surface area contributed by atoms with Gasteiger partial charge in [-0.25, -0.2) is 9.37 Å². The predicted molar refractivity (Wildman–Crippen MR) is 86.9 cm³/mol. The van der Waals surface area contributed by atoms with Crippen LogP contribution in [0.15, 0.2) is 23.2 Å². The zero-order valence-corrected chi connectivity index (χ0v) is 14.4. The molecule has 0 amide bonds. The number of hydrogen-bond acceptors (Lipinski definition) is 5. The Bertz CT molecular complexity index is 992. The van der Waals surface area contributed by atoms with Crippen molar-refractivity contribution < 1.29 is 12.8 Å². The van der Waals surface area contributed by atoms with Crippen molar-refractivity contribution in [1.29, 1.82) is 0 Å². The summed E-state index contributed by atoms with van der Waals surface area (Å²) in [7, 11) is -3.88. The molecule has 3 rings (SSSR count). The third-order valence-corrected chi connectivity index (χ3v) is 5.87. The summed E-state index contributed by atoms with van der Waals surface area (Å²) in [6, 6.07) is 4.05. The molecule has 1 N–H and O–H groups in total. The van der Waals surface area contributed by atoms with Crippen molar-refractivity contribution in [3.8, 4) is 0 Å². The van der Waals surface area contributed by atoms with Crippen molar-refractivity contribution in [3.05, 3.63) is 40.3 Å². The van der Waals surface area contributed by atoms with E-state index in [0.717, 1.165) is 5.01 Å². The summed E-state index contributed by atoms with van der Waals surface area (Å²) in [6.45, 7) is 5.14. The van der Waals surface area contributed by atoms with E-state index in [1.807, 2.05) is 6.92 Å². The van der Waals surface area contributed by atoms with Gasteiger partial charge in [-0.05, 0) is 44.0 Å². The Balaban J connectivity index is 2.06. The van der Waals surface area contributed by atoms with Gasteiger partial charge in [-0.1, -0.05) is 18.3 Å². The van der Waals surface area contributed by atoms with Crippen LogP contribution >= 0.6 is 11.3 Å². The number of aryl methyl sites for hydroxylation is 3. The third-order valence-electron chi connectivity index (χ3n) is 3.33. The molecule has 0 bridgehead atoms. The van der Waals surface area contributed by atoms with Crippen molar-refractivity contribution in [3.63, 3.8) is 0 Å². The zero-order valence-electron chi connectivity index (χ0n) is 12.8. The first-order valence-electron chi connectivity index (χ1n) is 6.96. The van der Waals surface area contributed by atoms with Gasteiger partial charge in [0.25, 0.3) is 10.0 Å². The molecule has 0 spiro atoms. The quantitative estimate of drug-likeness (QED) is 0.781. The number of halogens is 1. The first kappa shape index (κ1) is 15.9. The molecule has 122 valence electrons. The number of rotatable bonds is 4. The second-order valence-electron chi connectivity index (χ2n) is 5.12. The van der Waals surface area contributed by atoms with Gasteiger partial charge < -0.3 is 0 Å². The molecular weight excluding hydrogens is 339 g/mol. The summed E-state index contributed by atoms with van der Waals surface area (Å²) in [5, 5.41) is 5.10. The Morgan fingerprint density at radius 3 is 2.74 bits per heavy atom. The molecule has 1 aromatic carbocycles. The molecule has 0 radical (unpaired) electrons. The van der Waals surface area contributed by atoms with Crippen LogP contribution in [0.5, 0.6) is 0 Å². The number of imidazole rings is 1. The Morgan fingerprint density at radius 1 is 1.35 bits per heavy atom. The molecule has 6 nitrogen and oxygen atoms in total. The second kappa shape index (κ2) is 5.57. The number of sulfonamides is 1. The van der Waals surface area contributed by atoms with Crippen LogP contribution in [0.2, 0.25) is 0 Å². The van der Waals surface area contributed by atoms with Crippen LogP contribution < -0.4 is 4.72 Å². The molecule has 2 aromatic heterocycles. The molecule has 0 aliphatic rings. The van der Waals surface area contributed by atoms with Crippen LogP contribution in [-0.4, -0.2) is 23.0 Å². The van der Waals surface area contributed by atoms with Crippen LogP contribution in [-0.2, 0) is 16.4 Å². The molecule has 0 fully saturated rings. The average molecular weight is 354 g/mol. The van der Waals surface area contributed by atoms with E-state index in [1.54, 1.807) is 13.8 Å². The monoisotopic (exact) mass is 354 g/mol. The lowest BCUT2D eigenvalue weighted by atomic mass is 10.2. The molecule has 0 saturated carbocycles. The molecule has 0 atom stereocenters. The Hall–Kier alpha value is -2.00. The largest absolute Gasteiger partial charge is 0.281 e. The molecule has 0 aliphatic heterocycles. The Morgan fingerprint density at radius 2 is 2.09 bits per heavy atom. The maximum atomic E-state index is 13.3. The molecule has 0 aliphatic carbocycles. The van der Waals surface area contributed by atoms with Crippen molar-refractivity contribution in [1.82, 2.24) is 14.6 Å². The normalized spacial score (nSPS) is 12.0. The minimum absolute atomic E-state index is 0.00503. The fourth-order valence-corrected chi connectivity index (χ4v) is 4.49. The summed E-state index contributed by atoms with van der Waals surface area (Å²) in [5.74, 6) is -0.386. The van der Waals surface area contributed by atoms with Gasteiger partial charge in [0.1, 0.15) is 10.8 Å². The van der Waals surface area contributed by atoms with Gasteiger partial charge >= 0.3 is 0 Å². The van der Waals surface area contributed by atoms with Gasteiger partial charge in [-0.2, -0.15) is 18.0 Å².